The van der Waals surface area contributed by atoms with Crippen molar-refractivity contribution in [2.24, 2.45) is 0 Å². The summed E-state index contributed by atoms with van der Waals surface area (Å²) in [7, 11) is 0. The third kappa shape index (κ3) is 5.30. The van der Waals surface area contributed by atoms with E-state index in [1.54, 1.807) is 0 Å². The maximum atomic E-state index is 6.35. The molecule has 0 spiro atoms. The van der Waals surface area contributed by atoms with Gasteiger partial charge in [0.25, 0.3) is 0 Å². The first-order valence-electron chi connectivity index (χ1n) is 17.7. The second-order valence-electron chi connectivity index (χ2n) is 13.4. The Kier molecular flexibility index (Phi) is 7.18. The largest absolute Gasteiger partial charge is 0.456 e. The average Bonchev–Trinajstić information content (AvgIpc) is 3.61. The van der Waals surface area contributed by atoms with E-state index >= 15 is 0 Å². The number of rotatable bonds is 6. The first-order valence-corrected chi connectivity index (χ1v) is 17.7. The summed E-state index contributed by atoms with van der Waals surface area (Å²) < 4.78 is 6.35. The van der Waals surface area contributed by atoms with Crippen LogP contribution in [0.25, 0.3) is 76.9 Å². The number of hydrogen-bond acceptors (Lipinski definition) is 2. The van der Waals surface area contributed by atoms with Crippen molar-refractivity contribution in [3.8, 4) is 33.4 Å². The van der Waals surface area contributed by atoms with E-state index in [-0.39, 0.29) is 0 Å². The van der Waals surface area contributed by atoms with Crippen molar-refractivity contribution in [3.63, 3.8) is 0 Å². The number of anilines is 3. The lowest BCUT2D eigenvalue weighted by Gasteiger charge is -2.27. The van der Waals surface area contributed by atoms with Crippen molar-refractivity contribution in [3.05, 3.63) is 200 Å². The summed E-state index contributed by atoms with van der Waals surface area (Å²) in [5, 5.41) is 7.08. The fourth-order valence-electron chi connectivity index (χ4n) is 7.59. The molecule has 0 atom stereocenters. The Morgan fingerprint density at radius 3 is 1.54 bits per heavy atom. The lowest BCUT2D eigenvalue weighted by Crippen LogP contribution is -2.10. The minimum atomic E-state index is 0.876. The van der Waals surface area contributed by atoms with E-state index in [0.29, 0.717) is 0 Å². The van der Waals surface area contributed by atoms with Gasteiger partial charge in [-0.05, 0) is 116 Å². The highest BCUT2D eigenvalue weighted by molar-refractivity contribution is 6.13. The molecular weight excluding hydrogens is 631 g/mol. The molecule has 0 fully saturated rings. The summed E-state index contributed by atoms with van der Waals surface area (Å²) in [5.74, 6) is 0. The van der Waals surface area contributed by atoms with Gasteiger partial charge in [0.1, 0.15) is 11.2 Å². The first kappa shape index (κ1) is 30.0. The van der Waals surface area contributed by atoms with Gasteiger partial charge in [-0.15, -0.1) is 0 Å². The lowest BCUT2D eigenvalue weighted by atomic mass is 9.96. The fraction of sp³-hybridized carbons (Fsp3) is 0. The maximum absolute atomic E-state index is 6.35. The summed E-state index contributed by atoms with van der Waals surface area (Å²) in [6, 6.07) is 71.8. The zero-order chi connectivity index (χ0) is 34.4. The molecule has 0 aliphatic heterocycles. The predicted octanol–water partition coefficient (Wildman–Crippen LogP) is 14.4. The van der Waals surface area contributed by atoms with Crippen molar-refractivity contribution in [1.82, 2.24) is 0 Å². The second kappa shape index (κ2) is 12.5. The lowest BCUT2D eigenvalue weighted by molar-refractivity contribution is 0.669. The number of hydrogen-bond donors (Lipinski definition) is 0. The quantitative estimate of drug-likeness (QED) is 0.176. The third-order valence-electron chi connectivity index (χ3n) is 10.2. The molecular formula is C50H33NO. The van der Waals surface area contributed by atoms with E-state index in [9.17, 15) is 0 Å². The molecule has 9 aromatic carbocycles. The zero-order valence-corrected chi connectivity index (χ0v) is 28.4. The fourth-order valence-corrected chi connectivity index (χ4v) is 7.59. The highest BCUT2D eigenvalue weighted by Crippen LogP contribution is 2.44. The minimum Gasteiger partial charge on any atom is -0.456 e. The van der Waals surface area contributed by atoms with Crippen LogP contribution in [0, 0.1) is 0 Å². The molecule has 0 amide bonds. The molecule has 2 heteroatoms. The van der Waals surface area contributed by atoms with Gasteiger partial charge in [-0.1, -0.05) is 140 Å². The number of benzene rings is 9. The van der Waals surface area contributed by atoms with E-state index in [4.69, 9.17) is 4.42 Å². The van der Waals surface area contributed by atoms with Gasteiger partial charge in [-0.2, -0.15) is 0 Å². The summed E-state index contributed by atoms with van der Waals surface area (Å²) in [6.07, 6.45) is 0. The summed E-state index contributed by atoms with van der Waals surface area (Å²) >= 11 is 0. The summed E-state index contributed by atoms with van der Waals surface area (Å²) in [4.78, 5) is 2.36. The molecule has 0 bridgehead atoms. The van der Waals surface area contributed by atoms with Crippen LogP contribution in [-0.2, 0) is 0 Å². The van der Waals surface area contributed by atoms with E-state index < -0.39 is 0 Å². The molecule has 0 aliphatic carbocycles. The monoisotopic (exact) mass is 663 g/mol. The second-order valence-corrected chi connectivity index (χ2v) is 13.4. The van der Waals surface area contributed by atoms with Crippen LogP contribution < -0.4 is 4.90 Å². The van der Waals surface area contributed by atoms with Gasteiger partial charge < -0.3 is 9.32 Å². The predicted molar refractivity (Wildman–Crippen MR) is 220 cm³/mol. The Morgan fingerprint density at radius 1 is 0.308 bits per heavy atom. The molecule has 10 aromatic rings. The Balaban J connectivity index is 1.07. The molecule has 0 radical (unpaired) electrons. The highest BCUT2D eigenvalue weighted by Gasteiger charge is 2.20. The van der Waals surface area contributed by atoms with Gasteiger partial charge in [0, 0.05) is 16.8 Å². The van der Waals surface area contributed by atoms with Crippen LogP contribution in [0.3, 0.4) is 0 Å². The van der Waals surface area contributed by atoms with Crippen molar-refractivity contribution in [2.45, 2.75) is 0 Å². The van der Waals surface area contributed by atoms with Gasteiger partial charge >= 0.3 is 0 Å². The van der Waals surface area contributed by atoms with Crippen LogP contribution >= 0.6 is 0 Å². The van der Waals surface area contributed by atoms with E-state index in [0.717, 1.165) is 39.0 Å². The zero-order valence-electron chi connectivity index (χ0n) is 28.4. The third-order valence-corrected chi connectivity index (χ3v) is 10.2. The number of nitrogens with zero attached hydrogens (tertiary/aromatic N) is 1. The van der Waals surface area contributed by atoms with Crippen LogP contribution in [0.4, 0.5) is 17.1 Å². The number of fused-ring (bicyclic) bond motifs is 5. The van der Waals surface area contributed by atoms with Gasteiger partial charge in [-0.25, -0.2) is 0 Å². The summed E-state index contributed by atoms with van der Waals surface area (Å²) in [6.45, 7) is 0. The standard InChI is InChI=1S/C50H33NO/c1-3-10-34(11-4-1)36-24-27-44(28-25-36)51(47-15-9-17-49-50(47)46-14-7-8-16-48(46)52-49)45-29-26-41-30-39(22-23-42(41)33-45)40-21-19-37-18-20-38(31-43(37)32-40)35-12-5-2-6-13-35/h1-33H. The Morgan fingerprint density at radius 2 is 0.808 bits per heavy atom. The van der Waals surface area contributed by atoms with Crippen LogP contribution in [0.1, 0.15) is 0 Å². The molecule has 1 aromatic heterocycles. The van der Waals surface area contributed by atoms with Gasteiger partial charge in [0.05, 0.1) is 11.1 Å². The smallest absolute Gasteiger partial charge is 0.137 e. The summed E-state index contributed by atoms with van der Waals surface area (Å²) in [5.41, 5.74) is 12.3. The van der Waals surface area contributed by atoms with Crippen molar-refractivity contribution in [1.29, 1.82) is 0 Å². The molecule has 0 aliphatic rings. The molecule has 244 valence electrons. The van der Waals surface area contributed by atoms with E-state index in [2.05, 4.69) is 193 Å². The van der Waals surface area contributed by atoms with Gasteiger partial charge in [0.2, 0.25) is 0 Å². The number of furan rings is 1. The Hall–Kier alpha value is -6.90. The Bertz CT molecular complexity index is 2890. The number of para-hydroxylation sites is 1. The molecule has 0 saturated carbocycles. The van der Waals surface area contributed by atoms with E-state index in [1.165, 1.54) is 54.9 Å². The van der Waals surface area contributed by atoms with Crippen molar-refractivity contribution >= 4 is 60.5 Å². The van der Waals surface area contributed by atoms with Crippen LogP contribution in [0.5, 0.6) is 0 Å². The van der Waals surface area contributed by atoms with Crippen LogP contribution in [0.2, 0.25) is 0 Å². The van der Waals surface area contributed by atoms with Crippen LogP contribution in [-0.4, -0.2) is 0 Å². The Labute approximate surface area is 302 Å². The highest BCUT2D eigenvalue weighted by atomic mass is 16.3. The first-order chi connectivity index (χ1) is 25.7. The topological polar surface area (TPSA) is 16.4 Å². The molecule has 0 N–H and O–H groups in total. The molecule has 0 saturated heterocycles. The normalized spacial score (nSPS) is 11.5. The molecule has 52 heavy (non-hydrogen) atoms. The van der Waals surface area contributed by atoms with Gasteiger partial charge in [0.15, 0.2) is 0 Å². The molecule has 10 rings (SSSR count). The van der Waals surface area contributed by atoms with Gasteiger partial charge in [-0.3, -0.25) is 0 Å². The SMILES string of the molecule is c1ccc(-c2ccc(N(c3ccc4cc(-c5ccc6ccc(-c7ccccc7)cc6c5)ccc4c3)c3cccc4oc5ccccc5c34)cc2)cc1. The molecule has 0 unspecified atom stereocenters. The maximum Gasteiger partial charge on any atom is 0.137 e. The van der Waals surface area contributed by atoms with Crippen molar-refractivity contribution in [2.75, 3.05) is 4.90 Å². The van der Waals surface area contributed by atoms with E-state index in [1.807, 2.05) is 12.1 Å². The van der Waals surface area contributed by atoms with Crippen molar-refractivity contribution < 1.29 is 4.42 Å². The molecule has 2 nitrogen and oxygen atoms in total. The average molecular weight is 664 g/mol. The molecule has 1 heterocycles. The van der Waals surface area contributed by atoms with Crippen LogP contribution in [0.15, 0.2) is 205 Å². The minimum absolute atomic E-state index is 0.876.